The predicted molar refractivity (Wildman–Crippen MR) is 126 cm³/mol. The number of thiocarbonyl (C=S) groups is 1. The summed E-state index contributed by atoms with van der Waals surface area (Å²) in [4.78, 5) is 30.3. The van der Waals surface area contributed by atoms with Crippen molar-refractivity contribution in [3.63, 3.8) is 0 Å². The van der Waals surface area contributed by atoms with Crippen LogP contribution in [-0.2, 0) is 4.79 Å². The standard InChI is InChI=1S/C21H21BrN4O4S/c1-26(2)21(31)25-24-20(28)19(27)18-16(11-5-7-12(22)8-6-11)17-14(23-18)9-13(29-3)10-15(17)30-4/h5-10,23H,1-4H3,(H,24,28)(H,25,31). The molecule has 0 fully saturated rings. The first-order chi connectivity index (χ1) is 14.8. The highest BCUT2D eigenvalue weighted by Crippen LogP contribution is 2.41. The van der Waals surface area contributed by atoms with Crippen molar-refractivity contribution in [3.05, 3.63) is 46.6 Å². The number of methoxy groups -OCH3 is 2. The van der Waals surface area contributed by atoms with Crippen LogP contribution in [0.4, 0.5) is 0 Å². The minimum atomic E-state index is -0.861. The maximum absolute atomic E-state index is 13.1. The first-order valence-corrected chi connectivity index (χ1v) is 10.3. The Labute approximate surface area is 193 Å². The maximum atomic E-state index is 13.1. The fourth-order valence-electron chi connectivity index (χ4n) is 3.02. The molecule has 0 saturated carbocycles. The number of hydrazine groups is 1. The highest BCUT2D eigenvalue weighted by Gasteiger charge is 2.27. The molecular formula is C21H21BrN4O4S. The third-order valence-corrected chi connectivity index (χ3v) is 5.54. The second-order valence-corrected chi connectivity index (χ2v) is 8.04. The molecule has 3 aromatic rings. The molecule has 0 saturated heterocycles. The van der Waals surface area contributed by atoms with E-state index in [0.717, 1.165) is 10.0 Å². The van der Waals surface area contributed by atoms with Crippen LogP contribution in [0.5, 0.6) is 11.5 Å². The molecule has 0 aliphatic heterocycles. The van der Waals surface area contributed by atoms with Gasteiger partial charge in [0.25, 0.3) is 5.78 Å². The third kappa shape index (κ3) is 4.64. The van der Waals surface area contributed by atoms with Gasteiger partial charge in [-0.3, -0.25) is 20.4 Å². The molecule has 8 nitrogen and oxygen atoms in total. The molecule has 162 valence electrons. The van der Waals surface area contributed by atoms with Gasteiger partial charge in [0.15, 0.2) is 5.11 Å². The number of Topliss-reactive ketones (excluding diaryl/α,β-unsaturated/α-hetero) is 1. The van der Waals surface area contributed by atoms with Crippen LogP contribution in [-0.4, -0.2) is 55.0 Å². The maximum Gasteiger partial charge on any atom is 0.312 e. The molecule has 0 radical (unpaired) electrons. The van der Waals surface area contributed by atoms with Crippen molar-refractivity contribution in [2.24, 2.45) is 0 Å². The van der Waals surface area contributed by atoms with E-state index in [9.17, 15) is 9.59 Å². The van der Waals surface area contributed by atoms with E-state index in [-0.39, 0.29) is 10.8 Å². The number of carbonyl (C=O) groups is 2. The monoisotopic (exact) mass is 504 g/mol. The Bertz CT molecular complexity index is 1160. The Morgan fingerprint density at radius 1 is 1.06 bits per heavy atom. The van der Waals surface area contributed by atoms with Gasteiger partial charge in [0.2, 0.25) is 0 Å². The van der Waals surface area contributed by atoms with Crippen LogP contribution in [0.2, 0.25) is 0 Å². The number of ketones is 1. The average molecular weight is 505 g/mol. The van der Waals surface area contributed by atoms with Crippen molar-refractivity contribution in [2.45, 2.75) is 0 Å². The molecule has 3 rings (SSSR count). The summed E-state index contributed by atoms with van der Waals surface area (Å²) in [7, 11) is 6.50. The second-order valence-electron chi connectivity index (χ2n) is 6.74. The quantitative estimate of drug-likeness (QED) is 0.212. The molecular weight excluding hydrogens is 484 g/mol. The van der Waals surface area contributed by atoms with E-state index in [1.165, 1.54) is 14.2 Å². The van der Waals surface area contributed by atoms with E-state index in [0.29, 0.717) is 28.0 Å². The minimum Gasteiger partial charge on any atom is -0.497 e. The summed E-state index contributed by atoms with van der Waals surface area (Å²) in [6, 6.07) is 10.9. The van der Waals surface area contributed by atoms with Gasteiger partial charge in [0.05, 0.1) is 25.1 Å². The number of halogens is 1. The Morgan fingerprint density at radius 2 is 1.74 bits per heavy atom. The number of aromatic nitrogens is 1. The molecule has 0 unspecified atom stereocenters. The number of aromatic amines is 1. The molecule has 2 aromatic carbocycles. The lowest BCUT2D eigenvalue weighted by molar-refractivity contribution is -0.117. The summed E-state index contributed by atoms with van der Waals surface area (Å²) in [6.45, 7) is 0. The van der Waals surface area contributed by atoms with Crippen molar-refractivity contribution < 1.29 is 19.1 Å². The lowest BCUT2D eigenvalue weighted by Gasteiger charge is -2.15. The molecule has 1 heterocycles. The fraction of sp³-hybridized carbons (Fsp3) is 0.190. The van der Waals surface area contributed by atoms with Gasteiger partial charge in [0.1, 0.15) is 17.2 Å². The van der Waals surface area contributed by atoms with Crippen molar-refractivity contribution >= 4 is 55.9 Å². The van der Waals surface area contributed by atoms with Crippen molar-refractivity contribution in [3.8, 4) is 22.6 Å². The summed E-state index contributed by atoms with van der Waals surface area (Å²) in [5, 5.41) is 0.927. The first-order valence-electron chi connectivity index (χ1n) is 9.12. The number of amides is 1. The molecule has 0 spiro atoms. The van der Waals surface area contributed by atoms with E-state index >= 15 is 0 Å². The average Bonchev–Trinajstić information content (AvgIpc) is 3.15. The predicted octanol–water partition coefficient (Wildman–Crippen LogP) is 3.26. The Balaban J connectivity index is 2.14. The van der Waals surface area contributed by atoms with Crippen molar-refractivity contribution in [1.29, 1.82) is 0 Å². The van der Waals surface area contributed by atoms with Gasteiger partial charge in [-0.15, -0.1) is 0 Å². The third-order valence-electron chi connectivity index (χ3n) is 4.55. The number of carbonyl (C=O) groups excluding carboxylic acids is 2. The van der Waals surface area contributed by atoms with E-state index in [1.54, 1.807) is 31.1 Å². The smallest absolute Gasteiger partial charge is 0.312 e. The summed E-state index contributed by atoms with van der Waals surface area (Å²) >= 11 is 8.49. The van der Waals surface area contributed by atoms with Crippen molar-refractivity contribution in [1.82, 2.24) is 20.7 Å². The van der Waals surface area contributed by atoms with Crippen LogP contribution >= 0.6 is 28.1 Å². The fourth-order valence-corrected chi connectivity index (χ4v) is 3.33. The van der Waals surface area contributed by atoms with Crippen LogP contribution in [0.1, 0.15) is 10.5 Å². The number of benzene rings is 2. The Morgan fingerprint density at radius 3 is 2.32 bits per heavy atom. The van der Waals surface area contributed by atoms with E-state index in [1.807, 2.05) is 24.3 Å². The zero-order valence-electron chi connectivity index (χ0n) is 17.3. The largest absolute Gasteiger partial charge is 0.497 e. The number of hydrogen-bond acceptors (Lipinski definition) is 5. The molecule has 0 aliphatic carbocycles. The summed E-state index contributed by atoms with van der Waals surface area (Å²) in [5.74, 6) is -0.562. The Kier molecular flexibility index (Phi) is 6.81. The molecule has 0 aliphatic rings. The van der Waals surface area contributed by atoms with Crippen LogP contribution < -0.4 is 20.3 Å². The van der Waals surface area contributed by atoms with Gasteiger partial charge in [0, 0.05) is 36.3 Å². The molecule has 1 aromatic heterocycles. The first kappa shape index (κ1) is 22.6. The normalized spacial score (nSPS) is 10.5. The van der Waals surface area contributed by atoms with E-state index in [2.05, 4.69) is 31.8 Å². The molecule has 0 atom stereocenters. The van der Waals surface area contributed by atoms with Gasteiger partial charge in [-0.1, -0.05) is 28.1 Å². The van der Waals surface area contributed by atoms with Gasteiger partial charge >= 0.3 is 5.91 Å². The van der Waals surface area contributed by atoms with E-state index < -0.39 is 11.7 Å². The lowest BCUT2D eigenvalue weighted by Crippen LogP contribution is -2.48. The van der Waals surface area contributed by atoms with Gasteiger partial charge in [-0.05, 0) is 29.9 Å². The summed E-state index contributed by atoms with van der Waals surface area (Å²) in [6.07, 6.45) is 0. The summed E-state index contributed by atoms with van der Waals surface area (Å²) in [5.41, 5.74) is 6.90. The van der Waals surface area contributed by atoms with E-state index in [4.69, 9.17) is 21.7 Å². The lowest BCUT2D eigenvalue weighted by atomic mass is 9.99. The number of nitrogens with one attached hydrogen (secondary N) is 3. The van der Waals surface area contributed by atoms with Crippen LogP contribution in [0.15, 0.2) is 40.9 Å². The zero-order valence-corrected chi connectivity index (χ0v) is 19.7. The second kappa shape index (κ2) is 9.36. The molecule has 3 N–H and O–H groups in total. The van der Waals surface area contributed by atoms with Crippen molar-refractivity contribution in [2.75, 3.05) is 28.3 Å². The minimum absolute atomic E-state index is 0.124. The topological polar surface area (TPSA) is 95.7 Å². The molecule has 31 heavy (non-hydrogen) atoms. The number of ether oxygens (including phenoxy) is 2. The Hall–Kier alpha value is -3.11. The number of fused-ring (bicyclic) bond motifs is 1. The van der Waals surface area contributed by atoms with Gasteiger partial charge in [-0.2, -0.15) is 0 Å². The SMILES string of the molecule is COc1cc(OC)c2c(-c3ccc(Br)cc3)c(C(=O)C(=O)NNC(=S)N(C)C)[nH]c2c1. The van der Waals surface area contributed by atoms with Crippen LogP contribution in [0.3, 0.4) is 0 Å². The molecule has 1 amide bonds. The molecule has 0 bridgehead atoms. The number of H-pyrrole nitrogens is 1. The highest BCUT2D eigenvalue weighted by molar-refractivity contribution is 9.10. The number of nitrogens with zero attached hydrogens (tertiary/aromatic N) is 1. The van der Waals surface area contributed by atoms with Gasteiger partial charge in [-0.25, -0.2) is 0 Å². The highest BCUT2D eigenvalue weighted by atomic mass is 79.9. The molecule has 10 heteroatoms. The van der Waals surface area contributed by atoms with Gasteiger partial charge < -0.3 is 19.4 Å². The summed E-state index contributed by atoms with van der Waals surface area (Å²) < 4.78 is 11.8. The number of rotatable bonds is 5. The van der Waals surface area contributed by atoms with Crippen LogP contribution in [0, 0.1) is 0 Å². The zero-order chi connectivity index (χ0) is 22.7. The van der Waals surface area contributed by atoms with Crippen LogP contribution in [0.25, 0.3) is 22.0 Å². The number of hydrogen-bond donors (Lipinski definition) is 3.